The summed E-state index contributed by atoms with van der Waals surface area (Å²) >= 11 is 4.82. The molecule has 1 N–H and O–H groups in total. The second-order valence-corrected chi connectivity index (χ2v) is 5.82. The Hall–Kier alpha value is -0.910. The average Bonchev–Trinajstić information content (AvgIpc) is 2.38. The van der Waals surface area contributed by atoms with Crippen LogP contribution < -0.4 is 0 Å². The maximum absolute atomic E-state index is 10.0. The lowest BCUT2D eigenvalue weighted by molar-refractivity contribution is 0.204. The summed E-state index contributed by atoms with van der Waals surface area (Å²) in [5.41, 5.74) is 1.94. The molecule has 94 valence electrons. The molecule has 0 saturated heterocycles. The van der Waals surface area contributed by atoms with E-state index in [1.165, 1.54) is 11.8 Å². The zero-order valence-electron chi connectivity index (χ0n) is 9.88. The normalized spacial score (nSPS) is 12.4. The summed E-state index contributed by atoms with van der Waals surface area (Å²) in [6.07, 6.45) is 3.05. The highest BCUT2D eigenvalue weighted by atomic mass is 79.9. The van der Waals surface area contributed by atoms with Gasteiger partial charge in [0.15, 0.2) is 5.16 Å². The third kappa shape index (κ3) is 3.80. The van der Waals surface area contributed by atoms with E-state index in [0.29, 0.717) is 10.9 Å². The SMILES string of the molecule is Cc1cnc(SCC(O)c2ccc(Br)cc2)nc1. The maximum Gasteiger partial charge on any atom is 0.187 e. The van der Waals surface area contributed by atoms with Crippen molar-refractivity contribution in [2.24, 2.45) is 0 Å². The molecule has 2 rings (SSSR count). The number of thioether (sulfide) groups is 1. The number of benzene rings is 1. The standard InChI is InChI=1S/C13H13BrN2OS/c1-9-6-15-13(16-7-9)18-8-12(17)10-2-4-11(14)5-3-10/h2-7,12,17H,8H2,1H3. The minimum absolute atomic E-state index is 0.506. The first kappa shape index (κ1) is 13.5. The molecule has 0 amide bonds. The molecule has 0 spiro atoms. The molecule has 0 saturated carbocycles. The van der Waals surface area contributed by atoms with Gasteiger partial charge >= 0.3 is 0 Å². The van der Waals surface area contributed by atoms with Gasteiger partial charge in [0, 0.05) is 22.6 Å². The van der Waals surface area contributed by atoms with Crippen molar-refractivity contribution in [2.75, 3.05) is 5.75 Å². The summed E-state index contributed by atoms with van der Waals surface area (Å²) in [6, 6.07) is 7.66. The van der Waals surface area contributed by atoms with Crippen LogP contribution in [0.2, 0.25) is 0 Å². The van der Waals surface area contributed by atoms with Crippen molar-refractivity contribution in [2.45, 2.75) is 18.2 Å². The van der Waals surface area contributed by atoms with Crippen molar-refractivity contribution in [1.29, 1.82) is 0 Å². The number of aromatic nitrogens is 2. The van der Waals surface area contributed by atoms with E-state index in [-0.39, 0.29) is 0 Å². The van der Waals surface area contributed by atoms with Crippen molar-refractivity contribution in [3.8, 4) is 0 Å². The van der Waals surface area contributed by atoms with E-state index < -0.39 is 6.10 Å². The molecule has 1 aromatic heterocycles. The zero-order valence-corrected chi connectivity index (χ0v) is 12.3. The molecule has 3 nitrogen and oxygen atoms in total. The van der Waals surface area contributed by atoms with Crippen LogP contribution in [0.5, 0.6) is 0 Å². The van der Waals surface area contributed by atoms with Gasteiger partial charge in [0.2, 0.25) is 0 Å². The molecule has 18 heavy (non-hydrogen) atoms. The van der Waals surface area contributed by atoms with Gasteiger partial charge in [0.05, 0.1) is 6.10 Å². The van der Waals surface area contributed by atoms with Gasteiger partial charge in [0.25, 0.3) is 0 Å². The van der Waals surface area contributed by atoms with Crippen molar-refractivity contribution in [1.82, 2.24) is 9.97 Å². The molecule has 0 aliphatic carbocycles. The minimum Gasteiger partial charge on any atom is -0.388 e. The quantitative estimate of drug-likeness (QED) is 0.691. The number of rotatable bonds is 4. The highest BCUT2D eigenvalue weighted by molar-refractivity contribution is 9.10. The van der Waals surface area contributed by atoms with E-state index in [4.69, 9.17) is 0 Å². The Morgan fingerprint density at radius 1 is 1.22 bits per heavy atom. The van der Waals surface area contributed by atoms with E-state index >= 15 is 0 Å². The molecular formula is C13H13BrN2OS. The summed E-state index contributed by atoms with van der Waals surface area (Å²) in [5, 5.41) is 10.7. The smallest absolute Gasteiger partial charge is 0.187 e. The van der Waals surface area contributed by atoms with Crippen LogP contribution in [-0.2, 0) is 0 Å². The Labute approximate surface area is 119 Å². The van der Waals surface area contributed by atoms with Crippen molar-refractivity contribution < 1.29 is 5.11 Å². The highest BCUT2D eigenvalue weighted by Gasteiger charge is 2.09. The fourth-order valence-electron chi connectivity index (χ4n) is 1.39. The van der Waals surface area contributed by atoms with Crippen molar-refractivity contribution in [3.05, 3.63) is 52.3 Å². The fraction of sp³-hybridized carbons (Fsp3) is 0.231. The van der Waals surface area contributed by atoms with Crippen LogP contribution in [0.15, 0.2) is 46.3 Å². The van der Waals surface area contributed by atoms with Crippen LogP contribution in [0.25, 0.3) is 0 Å². The second-order valence-electron chi connectivity index (χ2n) is 3.92. The van der Waals surface area contributed by atoms with Crippen LogP contribution in [0.3, 0.4) is 0 Å². The number of halogens is 1. The molecule has 1 unspecified atom stereocenters. The van der Waals surface area contributed by atoms with Gasteiger partial charge in [-0.05, 0) is 30.2 Å². The van der Waals surface area contributed by atoms with Crippen LogP contribution >= 0.6 is 27.7 Å². The first-order valence-corrected chi connectivity index (χ1v) is 7.28. The zero-order chi connectivity index (χ0) is 13.0. The third-order valence-electron chi connectivity index (χ3n) is 2.38. The summed E-state index contributed by atoms with van der Waals surface area (Å²) in [7, 11) is 0. The summed E-state index contributed by atoms with van der Waals surface area (Å²) in [6.45, 7) is 1.95. The molecular weight excluding hydrogens is 312 g/mol. The van der Waals surface area contributed by atoms with Crippen LogP contribution in [-0.4, -0.2) is 20.8 Å². The van der Waals surface area contributed by atoms with Crippen molar-refractivity contribution in [3.63, 3.8) is 0 Å². The Kier molecular flexibility index (Phi) is 4.74. The van der Waals surface area contributed by atoms with Crippen molar-refractivity contribution >= 4 is 27.7 Å². The largest absolute Gasteiger partial charge is 0.388 e. The molecule has 0 bridgehead atoms. The number of aliphatic hydroxyl groups is 1. The van der Waals surface area contributed by atoms with Gasteiger partial charge < -0.3 is 5.11 Å². The van der Waals surface area contributed by atoms with Gasteiger partial charge in [-0.15, -0.1) is 0 Å². The number of aliphatic hydroxyl groups excluding tert-OH is 1. The number of hydrogen-bond donors (Lipinski definition) is 1. The summed E-state index contributed by atoms with van der Waals surface area (Å²) < 4.78 is 1.01. The van der Waals surface area contributed by atoms with E-state index in [2.05, 4.69) is 25.9 Å². The molecule has 1 heterocycles. The first-order valence-electron chi connectivity index (χ1n) is 5.50. The molecule has 0 radical (unpaired) electrons. The predicted octanol–water partition coefficient (Wildman–Crippen LogP) is 3.37. The first-order chi connectivity index (χ1) is 8.65. The number of nitrogens with zero attached hydrogens (tertiary/aromatic N) is 2. The number of aryl methyl sites for hydroxylation is 1. The Morgan fingerprint density at radius 2 is 1.83 bits per heavy atom. The van der Waals surface area contributed by atoms with Gasteiger partial charge in [-0.25, -0.2) is 9.97 Å². The predicted molar refractivity (Wildman–Crippen MR) is 76.6 cm³/mol. The van der Waals surface area contributed by atoms with Gasteiger partial charge in [-0.1, -0.05) is 39.8 Å². The fourth-order valence-corrected chi connectivity index (χ4v) is 2.41. The Morgan fingerprint density at radius 3 is 2.44 bits per heavy atom. The monoisotopic (exact) mass is 324 g/mol. The maximum atomic E-state index is 10.0. The lowest BCUT2D eigenvalue weighted by atomic mass is 10.1. The summed E-state index contributed by atoms with van der Waals surface area (Å²) in [5.74, 6) is 0.546. The lowest BCUT2D eigenvalue weighted by Gasteiger charge is -2.09. The van der Waals surface area contributed by atoms with Crippen LogP contribution in [0.4, 0.5) is 0 Å². The van der Waals surface area contributed by atoms with Gasteiger partial charge in [-0.3, -0.25) is 0 Å². The van der Waals surface area contributed by atoms with Crippen LogP contribution in [0.1, 0.15) is 17.2 Å². The van der Waals surface area contributed by atoms with Gasteiger partial charge in [-0.2, -0.15) is 0 Å². The molecule has 0 aliphatic rings. The minimum atomic E-state index is -0.506. The molecule has 0 fully saturated rings. The Balaban J connectivity index is 1.93. The third-order valence-corrected chi connectivity index (χ3v) is 3.86. The highest BCUT2D eigenvalue weighted by Crippen LogP contribution is 2.23. The molecule has 2 aromatic rings. The summed E-state index contributed by atoms with van der Waals surface area (Å²) in [4.78, 5) is 8.38. The molecule has 1 atom stereocenters. The van der Waals surface area contributed by atoms with E-state index in [1.54, 1.807) is 12.4 Å². The molecule has 5 heteroatoms. The van der Waals surface area contributed by atoms with E-state index in [9.17, 15) is 5.11 Å². The number of hydrogen-bond acceptors (Lipinski definition) is 4. The average molecular weight is 325 g/mol. The van der Waals surface area contributed by atoms with E-state index in [1.807, 2.05) is 31.2 Å². The second kappa shape index (κ2) is 6.31. The molecule has 1 aromatic carbocycles. The van der Waals surface area contributed by atoms with Gasteiger partial charge in [0.1, 0.15) is 0 Å². The molecule has 0 aliphatic heterocycles. The Bertz CT molecular complexity index is 501. The lowest BCUT2D eigenvalue weighted by Crippen LogP contribution is -2.01. The van der Waals surface area contributed by atoms with Crippen LogP contribution in [0, 0.1) is 6.92 Å². The van der Waals surface area contributed by atoms with E-state index in [0.717, 1.165) is 15.6 Å². The topological polar surface area (TPSA) is 46.0 Å².